The number of hydrogen-bond acceptors (Lipinski definition) is 2. The summed E-state index contributed by atoms with van der Waals surface area (Å²) < 4.78 is 38.9. The summed E-state index contributed by atoms with van der Waals surface area (Å²) in [5, 5.41) is 3.16. The Bertz CT molecular complexity index is 502. The molecule has 9 heteroatoms. The molecule has 24 heavy (non-hydrogen) atoms. The van der Waals surface area contributed by atoms with Crippen molar-refractivity contribution in [1.29, 1.82) is 0 Å². The zero-order valence-corrected chi connectivity index (χ0v) is 16.9. The largest absolute Gasteiger partial charge is 0.401 e. The first-order valence-electron chi connectivity index (χ1n) is 7.58. The molecule has 0 fully saturated rings. The summed E-state index contributed by atoms with van der Waals surface area (Å²) >= 11 is 0. The van der Waals surface area contributed by atoms with Crippen molar-refractivity contribution in [2.24, 2.45) is 12.0 Å². The Morgan fingerprint density at radius 1 is 1.33 bits per heavy atom. The lowest BCUT2D eigenvalue weighted by molar-refractivity contribution is -0.142. The van der Waals surface area contributed by atoms with E-state index >= 15 is 0 Å². The summed E-state index contributed by atoms with van der Waals surface area (Å²) in [5.74, 6) is 0.689. The molecular weight excluding hydrogens is 434 g/mol. The molecule has 1 aromatic heterocycles. The van der Waals surface area contributed by atoms with Crippen molar-refractivity contribution >= 4 is 29.9 Å². The molecule has 1 heterocycles. The predicted molar refractivity (Wildman–Crippen MR) is 102 cm³/mol. The van der Waals surface area contributed by atoms with Crippen LogP contribution in [0.1, 0.15) is 12.6 Å². The Balaban J connectivity index is 0.00000529. The van der Waals surface area contributed by atoms with Gasteiger partial charge >= 0.3 is 6.18 Å². The monoisotopic (exact) mass is 461 g/mol. The summed E-state index contributed by atoms with van der Waals surface area (Å²) in [5.41, 5.74) is 1.13. The molecule has 140 valence electrons. The number of rotatable bonds is 7. The first-order valence-corrected chi connectivity index (χ1v) is 7.58. The van der Waals surface area contributed by atoms with Crippen LogP contribution in [0.15, 0.2) is 23.3 Å². The van der Waals surface area contributed by atoms with Gasteiger partial charge in [-0.25, -0.2) is 0 Å². The van der Waals surface area contributed by atoms with Gasteiger partial charge in [0.05, 0.1) is 19.6 Å². The minimum absolute atomic E-state index is 0. The third-order valence-electron chi connectivity index (χ3n) is 3.34. The van der Waals surface area contributed by atoms with Crippen molar-refractivity contribution < 1.29 is 13.2 Å². The standard InChI is InChI=1S/C15H26F3N5.HI/c1-5-19-14(20-8-10-21(2)12-15(16,17)18)23(4)11-13-7-6-9-22(13)3;/h6-7,9H,5,8,10-12H2,1-4H3,(H,19,20);1H. The van der Waals surface area contributed by atoms with E-state index < -0.39 is 12.7 Å². The van der Waals surface area contributed by atoms with Crippen molar-refractivity contribution in [3.8, 4) is 0 Å². The fourth-order valence-electron chi connectivity index (χ4n) is 2.16. The van der Waals surface area contributed by atoms with Gasteiger partial charge in [0.15, 0.2) is 5.96 Å². The van der Waals surface area contributed by atoms with Crippen molar-refractivity contribution in [2.45, 2.75) is 19.6 Å². The number of aliphatic imine (C=N–C) groups is 1. The van der Waals surface area contributed by atoms with E-state index in [1.54, 1.807) is 0 Å². The molecule has 0 aliphatic heterocycles. The molecule has 0 saturated heterocycles. The Morgan fingerprint density at radius 2 is 2.00 bits per heavy atom. The van der Waals surface area contributed by atoms with Crippen molar-refractivity contribution in [3.63, 3.8) is 0 Å². The number of nitrogens with zero attached hydrogens (tertiary/aromatic N) is 4. The van der Waals surface area contributed by atoms with Crippen LogP contribution in [0, 0.1) is 0 Å². The Kier molecular flexibility index (Phi) is 10.4. The average molecular weight is 461 g/mol. The van der Waals surface area contributed by atoms with Gasteiger partial charge in [-0.05, 0) is 26.1 Å². The molecule has 0 saturated carbocycles. The van der Waals surface area contributed by atoms with E-state index in [1.807, 2.05) is 48.8 Å². The molecule has 0 atom stereocenters. The Hall–Kier alpha value is -0.970. The number of aromatic nitrogens is 1. The van der Waals surface area contributed by atoms with Gasteiger partial charge in [0, 0.05) is 39.1 Å². The molecule has 1 aromatic rings. The molecule has 0 spiro atoms. The van der Waals surface area contributed by atoms with Crippen LogP contribution in [0.2, 0.25) is 0 Å². The van der Waals surface area contributed by atoms with Crippen LogP contribution in [-0.4, -0.2) is 66.8 Å². The van der Waals surface area contributed by atoms with E-state index in [0.29, 0.717) is 25.6 Å². The fourth-order valence-corrected chi connectivity index (χ4v) is 2.16. The second kappa shape index (κ2) is 10.8. The highest BCUT2D eigenvalue weighted by Gasteiger charge is 2.28. The number of alkyl halides is 3. The number of halogens is 4. The molecular formula is C15H27F3IN5. The maximum Gasteiger partial charge on any atom is 0.401 e. The van der Waals surface area contributed by atoms with Crippen molar-refractivity contribution in [1.82, 2.24) is 19.7 Å². The van der Waals surface area contributed by atoms with Crippen LogP contribution < -0.4 is 5.32 Å². The summed E-state index contributed by atoms with van der Waals surface area (Å²) in [6.07, 6.45) is -2.20. The first kappa shape index (κ1) is 23.0. The molecule has 0 aliphatic carbocycles. The number of hydrogen-bond donors (Lipinski definition) is 1. The Morgan fingerprint density at radius 3 is 2.50 bits per heavy atom. The van der Waals surface area contributed by atoms with Gasteiger partial charge in [0.1, 0.15) is 0 Å². The van der Waals surface area contributed by atoms with Crippen LogP contribution in [0.4, 0.5) is 13.2 Å². The zero-order valence-electron chi connectivity index (χ0n) is 14.6. The molecule has 1 N–H and O–H groups in total. The highest BCUT2D eigenvalue weighted by molar-refractivity contribution is 14.0. The number of nitrogens with one attached hydrogen (secondary N) is 1. The summed E-state index contributed by atoms with van der Waals surface area (Å²) in [4.78, 5) is 7.59. The quantitative estimate of drug-likeness (QED) is 0.385. The molecule has 0 aliphatic rings. The SMILES string of the molecule is CCNC(=NCCN(C)CC(F)(F)F)N(C)Cc1cccn1C.I. The van der Waals surface area contributed by atoms with E-state index in [4.69, 9.17) is 0 Å². The van der Waals surface area contributed by atoms with Gasteiger partial charge in [-0.2, -0.15) is 13.2 Å². The van der Waals surface area contributed by atoms with Crippen LogP contribution in [-0.2, 0) is 13.6 Å². The molecule has 0 aromatic carbocycles. The molecule has 0 unspecified atom stereocenters. The maximum atomic E-state index is 12.3. The molecule has 0 bridgehead atoms. The van der Waals surface area contributed by atoms with Gasteiger partial charge < -0.3 is 14.8 Å². The molecule has 5 nitrogen and oxygen atoms in total. The fraction of sp³-hybridized carbons (Fsp3) is 0.667. The normalized spacial score (nSPS) is 12.2. The molecule has 0 radical (unpaired) electrons. The highest BCUT2D eigenvalue weighted by Crippen LogP contribution is 2.15. The van der Waals surface area contributed by atoms with Gasteiger partial charge in [-0.15, -0.1) is 24.0 Å². The van der Waals surface area contributed by atoms with Gasteiger partial charge in [0.25, 0.3) is 0 Å². The van der Waals surface area contributed by atoms with E-state index in [9.17, 15) is 13.2 Å². The third-order valence-corrected chi connectivity index (χ3v) is 3.34. The van der Waals surface area contributed by atoms with Crippen LogP contribution >= 0.6 is 24.0 Å². The second-order valence-corrected chi connectivity index (χ2v) is 5.56. The predicted octanol–water partition coefficient (Wildman–Crippen LogP) is 2.53. The topological polar surface area (TPSA) is 35.8 Å². The zero-order chi connectivity index (χ0) is 17.5. The summed E-state index contributed by atoms with van der Waals surface area (Å²) in [6.45, 7) is 2.99. The lowest BCUT2D eigenvalue weighted by Gasteiger charge is -2.23. The van der Waals surface area contributed by atoms with Gasteiger partial charge in [0.2, 0.25) is 0 Å². The van der Waals surface area contributed by atoms with E-state index in [1.165, 1.54) is 11.9 Å². The Labute approximate surface area is 158 Å². The van der Waals surface area contributed by atoms with Crippen molar-refractivity contribution in [2.75, 3.05) is 40.3 Å². The van der Waals surface area contributed by atoms with Crippen LogP contribution in [0.25, 0.3) is 0 Å². The maximum absolute atomic E-state index is 12.3. The van der Waals surface area contributed by atoms with E-state index in [2.05, 4.69) is 10.3 Å². The van der Waals surface area contributed by atoms with Gasteiger partial charge in [-0.3, -0.25) is 9.89 Å². The molecule has 1 rings (SSSR count). The minimum atomic E-state index is -4.17. The van der Waals surface area contributed by atoms with E-state index in [-0.39, 0.29) is 30.5 Å². The van der Waals surface area contributed by atoms with Crippen LogP contribution in [0.3, 0.4) is 0 Å². The lowest BCUT2D eigenvalue weighted by atomic mass is 10.4. The first-order chi connectivity index (χ1) is 10.7. The highest BCUT2D eigenvalue weighted by atomic mass is 127. The summed E-state index contributed by atoms with van der Waals surface area (Å²) in [6, 6.07) is 4.00. The second-order valence-electron chi connectivity index (χ2n) is 5.56. The van der Waals surface area contributed by atoms with Gasteiger partial charge in [-0.1, -0.05) is 0 Å². The number of likely N-dealkylation sites (N-methyl/N-ethyl adjacent to an activating group) is 1. The lowest BCUT2D eigenvalue weighted by Crippen LogP contribution is -2.39. The van der Waals surface area contributed by atoms with Crippen molar-refractivity contribution in [3.05, 3.63) is 24.0 Å². The minimum Gasteiger partial charge on any atom is -0.357 e. The third kappa shape index (κ3) is 8.76. The number of aryl methyl sites for hydroxylation is 1. The molecule has 0 amide bonds. The van der Waals surface area contributed by atoms with E-state index in [0.717, 1.165) is 5.69 Å². The number of guanidine groups is 1. The average Bonchev–Trinajstić information content (AvgIpc) is 2.81. The summed E-state index contributed by atoms with van der Waals surface area (Å²) in [7, 11) is 5.33. The van der Waals surface area contributed by atoms with Crippen LogP contribution in [0.5, 0.6) is 0 Å². The smallest absolute Gasteiger partial charge is 0.357 e.